The molecule has 48 heteroatoms. The molecule has 13 aliphatic rings. The van der Waals surface area contributed by atoms with Crippen LogP contribution in [0.2, 0.25) is 0 Å². The molecule has 11 fully saturated rings. The van der Waals surface area contributed by atoms with Crippen LogP contribution < -0.4 is 18.9 Å². The third kappa shape index (κ3) is 12.1. The molecule has 11 saturated heterocycles. The van der Waals surface area contributed by atoms with Crippen molar-refractivity contribution in [2.45, 2.75) is 127 Å². The number of rotatable bonds is 20. The summed E-state index contributed by atoms with van der Waals surface area (Å²) in [5.74, 6) is -1.97. The van der Waals surface area contributed by atoms with E-state index in [1.807, 2.05) is 0 Å². The maximum Gasteiger partial charge on any atom is 2.00 e. The number of ether oxygens (including phenoxy) is 4. The molecule has 110 heavy (non-hydrogen) atoms. The number of fused-ring (bicyclic) bond motifs is 4. The fraction of sp³-hybridized carbons (Fsp3) is 0.548. The van der Waals surface area contributed by atoms with Crippen molar-refractivity contribution in [1.29, 1.82) is 0 Å². The Labute approximate surface area is 749 Å². The van der Waals surface area contributed by atoms with Gasteiger partial charge in [0.1, 0.15) is 63.0 Å². The normalized spacial score (nSPS) is 27.3. The summed E-state index contributed by atoms with van der Waals surface area (Å²) >= 11 is 0. The number of carbonyl (C=O) groups excluding carboxylic acids is 8. The van der Waals surface area contributed by atoms with Gasteiger partial charge >= 0.3 is 199 Å². The van der Waals surface area contributed by atoms with Gasteiger partial charge in [0.05, 0.1) is 75.6 Å². The van der Waals surface area contributed by atoms with E-state index in [-0.39, 0.29) is 252 Å². The van der Waals surface area contributed by atoms with Crippen molar-refractivity contribution < 1.29 is 109 Å². The molecular weight excluding hydrogens is 1640 g/mol. The van der Waals surface area contributed by atoms with Gasteiger partial charge in [-0.3, -0.25) is 96.6 Å². The quantitative estimate of drug-likeness (QED) is 0.0537. The SMILES string of the molecule is CC12N3Cc4c(c(OCCCS(=O)(=O)O)c5ccccc5c4OCCCS(=O)(=O)O)CN1C(=O)N1CN4C(=O)N5CN6C(=O)N7CN8C(=O)N9Cc%10c(c(OCCCS(=O)(=O)O)c%11ccccc%11c%10OCCCS(=O)(=O)O)CN%10C(=O)N(CN%11C(=O)N(CN%12C(=O)N(CN(C3=O)C12C)C4C%125)C6C%117)C8(C)C%109C.[Ca+2].[Ca+2].[Ca+2].[Ca+2]. The fourth-order valence-corrected chi connectivity index (χ4v) is 20.5. The van der Waals surface area contributed by atoms with Crippen LogP contribution in [0.1, 0.15) is 75.6 Å². The standard InChI is InChI=1S/C62H72N16O24S4.4Ca/c1-59-61(3)75-31-67-49-47-63(51(67)79)29-65-48-50-69(53(65)81)33-77-57(85)73-27-41-42(46(102-20-12-24-106(96,97)98)38-16-8-7-15-37(38)45(41)101-19-11-23-105(93,94)95)28-74-58(86)78(62(77,4)60(73,74)2)34-70(50)54(82)66(48)30-64(47)52(80)68(49)32-76(61)56(84)72(59)26-40-39(25-71(59)55(75)83)43(99-17-9-21-103(87,88)89)35-13-5-6-14-36(35)44(40)100-18-10-22-104(90,91)92;;;;/h5-8,13-16,47-50H,9-12,17-34H2,1-4H3,(H,87,88,89)(H,90,91,92)(H,93,94,95)(H,96,97,98);;;;/q;4*+2. The van der Waals surface area contributed by atoms with Crippen molar-refractivity contribution in [3.8, 4) is 23.0 Å². The summed E-state index contributed by atoms with van der Waals surface area (Å²) in [6, 6.07) is 7.64. The van der Waals surface area contributed by atoms with Crippen LogP contribution in [0.15, 0.2) is 48.5 Å². The van der Waals surface area contributed by atoms with Crippen LogP contribution in [0, 0.1) is 0 Å². The molecule has 0 aromatic heterocycles. The molecule has 0 aliphatic carbocycles. The van der Waals surface area contributed by atoms with Crippen LogP contribution >= 0.6 is 0 Å². The molecular formula is C62H72Ca4N16O24S4+8. The molecule has 0 atom stereocenters. The fourth-order valence-electron chi connectivity index (χ4n) is 18.6. The minimum absolute atomic E-state index is 0. The Bertz CT molecular complexity index is 4560. The zero-order chi connectivity index (χ0) is 75.1. The van der Waals surface area contributed by atoms with Crippen molar-refractivity contribution >= 4 is 261 Å². The summed E-state index contributed by atoms with van der Waals surface area (Å²) in [5.41, 5.74) is -5.70. The molecule has 0 bridgehead atoms. The average Bonchev–Trinajstić information content (AvgIpc) is 1.49. The third-order valence-electron chi connectivity index (χ3n) is 23.8. The van der Waals surface area contributed by atoms with E-state index in [1.165, 1.54) is 78.4 Å². The van der Waals surface area contributed by atoms with Gasteiger partial charge in [-0.05, 0) is 53.4 Å². The molecule has 0 radical (unpaired) electrons. The van der Waals surface area contributed by atoms with Gasteiger partial charge in [-0.15, -0.1) is 0 Å². The predicted molar refractivity (Wildman–Crippen MR) is 382 cm³/mol. The van der Waals surface area contributed by atoms with Gasteiger partial charge in [0.15, 0.2) is 47.3 Å². The molecule has 13 heterocycles. The molecule has 4 aromatic carbocycles. The number of benzene rings is 4. The van der Waals surface area contributed by atoms with Crippen LogP contribution in [0.4, 0.5) is 38.4 Å². The number of urea groups is 8. The second kappa shape index (κ2) is 28.7. The number of nitrogens with zero attached hydrogens (tertiary/aromatic N) is 16. The van der Waals surface area contributed by atoms with Crippen LogP contribution in [-0.4, -0.2) is 466 Å². The van der Waals surface area contributed by atoms with Gasteiger partial charge in [0.25, 0.3) is 40.5 Å². The first kappa shape index (κ1) is 83.4. The first-order chi connectivity index (χ1) is 49.9. The summed E-state index contributed by atoms with van der Waals surface area (Å²) in [6.45, 7) is 0.762. The predicted octanol–water partition coefficient (Wildman–Crippen LogP) is 0.680. The Morgan fingerprint density at radius 3 is 0.682 bits per heavy atom. The molecule has 4 N–H and O–H groups in total. The maximum absolute atomic E-state index is 15.9. The van der Waals surface area contributed by atoms with Crippen molar-refractivity contribution in [2.24, 2.45) is 0 Å². The number of hydrogen-bond donors (Lipinski definition) is 4. The van der Waals surface area contributed by atoms with Gasteiger partial charge in [0.2, 0.25) is 0 Å². The van der Waals surface area contributed by atoms with Gasteiger partial charge in [-0.2, -0.15) is 33.7 Å². The monoisotopic (exact) mass is 1710 g/mol. The van der Waals surface area contributed by atoms with E-state index in [1.54, 1.807) is 76.2 Å². The summed E-state index contributed by atoms with van der Waals surface area (Å²) in [4.78, 5) is 148. The van der Waals surface area contributed by atoms with Crippen LogP contribution in [0.3, 0.4) is 0 Å². The van der Waals surface area contributed by atoms with E-state index in [0.29, 0.717) is 43.8 Å². The third-order valence-corrected chi connectivity index (χ3v) is 27.0. The molecule has 0 saturated carbocycles. The average molecular weight is 1710 g/mol. The molecule has 17 rings (SSSR count). The molecule has 13 aliphatic heterocycles. The minimum Gasteiger partial charge on any atom is -0.493 e. The van der Waals surface area contributed by atoms with E-state index in [2.05, 4.69) is 0 Å². The number of carbonyl (C=O) groups is 8. The first-order valence-electron chi connectivity index (χ1n) is 34.0. The molecule has 0 spiro atoms. The topological polar surface area (TPSA) is 443 Å². The largest absolute Gasteiger partial charge is 2.00 e. The number of hydrogen-bond acceptors (Lipinski definition) is 20. The van der Waals surface area contributed by atoms with E-state index >= 15 is 38.4 Å². The second-order valence-electron chi connectivity index (χ2n) is 28.9. The van der Waals surface area contributed by atoms with Gasteiger partial charge in [-0.25, -0.2) is 38.4 Å². The van der Waals surface area contributed by atoms with Crippen molar-refractivity contribution in [3.05, 3.63) is 70.8 Å². The summed E-state index contributed by atoms with van der Waals surface area (Å²) in [7, 11) is -17.7. The first-order valence-corrected chi connectivity index (χ1v) is 40.5. The van der Waals surface area contributed by atoms with E-state index in [9.17, 15) is 51.9 Å². The minimum atomic E-state index is -4.43. The van der Waals surface area contributed by atoms with Crippen LogP contribution in [0.25, 0.3) is 21.5 Å². The van der Waals surface area contributed by atoms with Crippen LogP contribution in [0.5, 0.6) is 23.0 Å². The number of amides is 16. The Morgan fingerprint density at radius 1 is 0.309 bits per heavy atom. The molecule has 16 amide bonds. The summed E-state index contributed by atoms with van der Waals surface area (Å²) in [5, 5.41) is 1.65. The van der Waals surface area contributed by atoms with Gasteiger partial charge in [0, 0.05) is 43.8 Å². The zero-order valence-electron chi connectivity index (χ0n) is 60.1. The summed E-state index contributed by atoms with van der Waals surface area (Å²) in [6.07, 6.45) is -5.96. The van der Waals surface area contributed by atoms with Crippen molar-refractivity contribution in [3.63, 3.8) is 0 Å². The Morgan fingerprint density at radius 2 is 0.491 bits per heavy atom. The smallest absolute Gasteiger partial charge is 0.493 e. The Balaban J connectivity index is 0.00000266. The molecule has 568 valence electrons. The molecule has 0 unspecified atom stereocenters. The van der Waals surface area contributed by atoms with Gasteiger partial charge in [-0.1, -0.05) is 48.5 Å². The second-order valence-corrected chi connectivity index (χ2v) is 35.2. The Hall–Kier alpha value is -4.56. The van der Waals surface area contributed by atoms with Crippen molar-refractivity contribution in [1.82, 2.24) is 78.4 Å². The van der Waals surface area contributed by atoms with E-state index < -0.39 is 199 Å². The molecule has 40 nitrogen and oxygen atoms in total. The molecule has 4 aromatic rings. The van der Waals surface area contributed by atoms with Crippen molar-refractivity contribution in [2.75, 3.05) is 89.5 Å². The van der Waals surface area contributed by atoms with E-state index in [0.717, 1.165) is 0 Å². The summed E-state index contributed by atoms with van der Waals surface area (Å²) < 4.78 is 159. The van der Waals surface area contributed by atoms with Gasteiger partial charge < -0.3 is 18.9 Å². The maximum atomic E-state index is 15.9. The van der Waals surface area contributed by atoms with Crippen LogP contribution in [-0.2, 0) is 66.7 Å². The Kier molecular flexibility index (Phi) is 21.7. The zero-order valence-corrected chi connectivity index (χ0v) is 72.2. The van der Waals surface area contributed by atoms with E-state index in [4.69, 9.17) is 18.9 Å².